The molecule has 1 aliphatic heterocycles. The summed E-state index contributed by atoms with van der Waals surface area (Å²) >= 11 is 1.73. The zero-order chi connectivity index (χ0) is 18.2. The van der Waals surface area contributed by atoms with Crippen LogP contribution < -0.4 is 34.5 Å². The molecular formula is C19H22NNaO3S2. The van der Waals surface area contributed by atoms with E-state index < -0.39 is 10.1 Å². The number of rotatable bonds is 4. The van der Waals surface area contributed by atoms with Gasteiger partial charge < -0.3 is 9.45 Å². The molecule has 4 nitrogen and oxygen atoms in total. The summed E-state index contributed by atoms with van der Waals surface area (Å²) in [6, 6.07) is 14.5. The summed E-state index contributed by atoms with van der Waals surface area (Å²) in [5.74, 6) is -0.339. The first-order valence-corrected chi connectivity index (χ1v) is 10.7. The minimum absolute atomic E-state index is 0. The Kier molecular flexibility index (Phi) is 6.92. The van der Waals surface area contributed by atoms with Gasteiger partial charge in [0.25, 0.3) is 0 Å². The van der Waals surface area contributed by atoms with Crippen molar-refractivity contribution in [2.75, 3.05) is 17.2 Å². The molecule has 1 heterocycles. The van der Waals surface area contributed by atoms with Crippen LogP contribution in [0.4, 0.5) is 11.4 Å². The minimum atomic E-state index is -4.19. The molecule has 0 spiro atoms. The summed E-state index contributed by atoms with van der Waals surface area (Å²) in [6.45, 7) is 7.06. The second-order valence-electron chi connectivity index (χ2n) is 7.27. The Bertz CT molecular complexity index is 892. The van der Waals surface area contributed by atoms with E-state index in [0.29, 0.717) is 13.0 Å². The maximum Gasteiger partial charge on any atom is 1.00 e. The predicted molar refractivity (Wildman–Crippen MR) is 102 cm³/mol. The second-order valence-corrected chi connectivity index (χ2v) is 9.88. The van der Waals surface area contributed by atoms with Gasteiger partial charge in [0.15, 0.2) is 0 Å². The van der Waals surface area contributed by atoms with E-state index in [9.17, 15) is 13.0 Å². The largest absolute Gasteiger partial charge is 1.00 e. The van der Waals surface area contributed by atoms with Crippen molar-refractivity contribution in [1.82, 2.24) is 0 Å². The van der Waals surface area contributed by atoms with Crippen LogP contribution in [-0.2, 0) is 15.5 Å². The van der Waals surface area contributed by atoms with Gasteiger partial charge in [-0.1, -0.05) is 50.7 Å². The normalized spacial score (nSPS) is 13.6. The van der Waals surface area contributed by atoms with Crippen molar-refractivity contribution < 1.29 is 42.5 Å². The molecular weight excluding hydrogens is 377 g/mol. The standard InChI is InChI=1S/C19H23NO3S2.Na/c1-19(2,3)14-9-10-16-18(13-14)24-17-8-5-4-7-15(17)20(16)11-6-12-25(21,22)23;/h4-5,7-10,13H,6,11-12H2,1-3H3,(H,21,22,23);/q;+1/p-1. The Balaban J connectivity index is 0.00000243. The smallest absolute Gasteiger partial charge is 0.748 e. The molecule has 0 fully saturated rings. The van der Waals surface area contributed by atoms with E-state index in [1.54, 1.807) is 11.8 Å². The van der Waals surface area contributed by atoms with E-state index in [4.69, 9.17) is 0 Å². The summed E-state index contributed by atoms with van der Waals surface area (Å²) < 4.78 is 32.8. The van der Waals surface area contributed by atoms with Gasteiger partial charge in [-0.2, -0.15) is 0 Å². The first-order valence-electron chi connectivity index (χ1n) is 8.28. The molecule has 0 saturated carbocycles. The van der Waals surface area contributed by atoms with Gasteiger partial charge in [0.05, 0.1) is 21.5 Å². The predicted octanol–water partition coefficient (Wildman–Crippen LogP) is 1.53. The summed E-state index contributed by atoms with van der Waals surface area (Å²) in [5, 5.41) is 0. The van der Waals surface area contributed by atoms with Crippen molar-refractivity contribution in [3.05, 3.63) is 48.0 Å². The first-order chi connectivity index (χ1) is 11.6. The molecule has 0 atom stereocenters. The van der Waals surface area contributed by atoms with Crippen LogP contribution in [0, 0.1) is 0 Å². The van der Waals surface area contributed by atoms with Crippen molar-refractivity contribution in [3.8, 4) is 0 Å². The second kappa shape index (κ2) is 8.25. The van der Waals surface area contributed by atoms with Crippen molar-refractivity contribution in [3.63, 3.8) is 0 Å². The van der Waals surface area contributed by atoms with Gasteiger partial charge >= 0.3 is 29.6 Å². The van der Waals surface area contributed by atoms with Crippen LogP contribution in [0.1, 0.15) is 32.8 Å². The van der Waals surface area contributed by atoms with E-state index in [1.807, 2.05) is 18.2 Å². The Morgan fingerprint density at radius 1 is 1.04 bits per heavy atom. The molecule has 0 amide bonds. The van der Waals surface area contributed by atoms with Crippen LogP contribution in [-0.4, -0.2) is 25.3 Å². The fourth-order valence-corrected chi connectivity index (χ4v) is 4.56. The van der Waals surface area contributed by atoms with Gasteiger partial charge in [0, 0.05) is 22.1 Å². The molecule has 0 saturated heterocycles. The van der Waals surface area contributed by atoms with Gasteiger partial charge in [-0.15, -0.1) is 0 Å². The number of hydrogen-bond donors (Lipinski definition) is 0. The Morgan fingerprint density at radius 2 is 1.69 bits per heavy atom. The quantitative estimate of drug-likeness (QED) is 0.576. The maximum atomic E-state index is 10.9. The SMILES string of the molecule is CC(C)(C)c1ccc2c(c1)Sc1ccccc1N2CCCS(=O)(=O)[O-].[Na+]. The summed E-state index contributed by atoms with van der Waals surface area (Å²) in [7, 11) is -4.19. The van der Waals surface area contributed by atoms with Gasteiger partial charge in [-0.3, -0.25) is 0 Å². The Hall–Kier alpha value is -0.500. The zero-order valence-corrected chi connectivity index (χ0v) is 19.3. The first kappa shape index (κ1) is 21.8. The van der Waals surface area contributed by atoms with E-state index >= 15 is 0 Å². The van der Waals surface area contributed by atoms with Crippen LogP contribution in [0.15, 0.2) is 52.3 Å². The molecule has 3 rings (SSSR count). The Morgan fingerprint density at radius 3 is 2.35 bits per heavy atom. The summed E-state index contributed by atoms with van der Waals surface area (Å²) in [5.41, 5.74) is 3.46. The van der Waals surface area contributed by atoms with Gasteiger partial charge in [0.2, 0.25) is 0 Å². The number of benzene rings is 2. The minimum Gasteiger partial charge on any atom is -0.748 e. The molecule has 0 aliphatic carbocycles. The van der Waals surface area contributed by atoms with Gasteiger partial charge in [-0.05, 0) is 41.7 Å². The topological polar surface area (TPSA) is 60.4 Å². The third kappa shape index (κ3) is 5.06. The molecule has 0 unspecified atom stereocenters. The number of nitrogens with zero attached hydrogens (tertiary/aromatic N) is 1. The van der Waals surface area contributed by atoms with Gasteiger partial charge in [-0.25, -0.2) is 8.42 Å². The van der Waals surface area contributed by atoms with E-state index in [2.05, 4.69) is 49.9 Å². The fraction of sp³-hybridized carbons (Fsp3) is 0.368. The van der Waals surface area contributed by atoms with Crippen LogP contribution in [0.2, 0.25) is 0 Å². The van der Waals surface area contributed by atoms with Crippen LogP contribution in [0.25, 0.3) is 0 Å². The van der Waals surface area contributed by atoms with Crippen molar-refractivity contribution in [2.24, 2.45) is 0 Å². The maximum absolute atomic E-state index is 10.9. The molecule has 0 radical (unpaired) electrons. The van der Waals surface area contributed by atoms with Crippen LogP contribution >= 0.6 is 11.8 Å². The molecule has 26 heavy (non-hydrogen) atoms. The Labute approximate surface area is 182 Å². The molecule has 2 aromatic carbocycles. The van der Waals surface area contributed by atoms with Crippen molar-refractivity contribution in [2.45, 2.75) is 42.4 Å². The molecule has 0 bridgehead atoms. The number of para-hydroxylation sites is 1. The summed E-state index contributed by atoms with van der Waals surface area (Å²) in [4.78, 5) is 4.43. The average molecular weight is 400 g/mol. The van der Waals surface area contributed by atoms with Crippen LogP contribution in [0.5, 0.6) is 0 Å². The third-order valence-electron chi connectivity index (χ3n) is 4.27. The average Bonchev–Trinajstić information content (AvgIpc) is 2.51. The number of hydrogen-bond acceptors (Lipinski definition) is 5. The molecule has 1 aliphatic rings. The zero-order valence-electron chi connectivity index (χ0n) is 15.7. The van der Waals surface area contributed by atoms with Crippen molar-refractivity contribution >= 4 is 33.3 Å². The van der Waals surface area contributed by atoms with E-state index in [-0.39, 0.29) is 40.7 Å². The molecule has 7 heteroatoms. The van der Waals surface area contributed by atoms with Gasteiger partial charge in [0.1, 0.15) is 0 Å². The summed E-state index contributed by atoms with van der Waals surface area (Å²) in [6.07, 6.45) is 0.311. The fourth-order valence-electron chi connectivity index (χ4n) is 2.94. The number of anilines is 2. The molecule has 2 aromatic rings. The molecule has 0 N–H and O–H groups in total. The molecule has 134 valence electrons. The van der Waals surface area contributed by atoms with E-state index in [0.717, 1.165) is 21.2 Å². The monoisotopic (exact) mass is 399 g/mol. The van der Waals surface area contributed by atoms with E-state index in [1.165, 1.54) is 5.56 Å². The molecule has 0 aromatic heterocycles. The number of fused-ring (bicyclic) bond motifs is 2. The van der Waals surface area contributed by atoms with Crippen LogP contribution in [0.3, 0.4) is 0 Å². The van der Waals surface area contributed by atoms with Crippen molar-refractivity contribution in [1.29, 1.82) is 0 Å². The third-order valence-corrected chi connectivity index (χ3v) is 6.17.